The van der Waals surface area contributed by atoms with Crippen LogP contribution in [0.4, 0.5) is 0 Å². The molecule has 0 aliphatic carbocycles. The number of hydrogen-bond donors (Lipinski definition) is 1. The van der Waals surface area contributed by atoms with Crippen molar-refractivity contribution in [3.8, 4) is 5.75 Å². The van der Waals surface area contributed by atoms with E-state index in [-0.39, 0.29) is 24.4 Å². The van der Waals surface area contributed by atoms with E-state index in [0.29, 0.717) is 43.8 Å². The van der Waals surface area contributed by atoms with Crippen LogP contribution in [-0.4, -0.2) is 24.3 Å². The molecule has 2 aromatic rings. The third-order valence-electron chi connectivity index (χ3n) is 5.01. The molecule has 1 amide bonds. The van der Waals surface area contributed by atoms with Crippen molar-refractivity contribution in [1.82, 2.24) is 0 Å². The predicted octanol–water partition coefficient (Wildman–Crippen LogP) is 3.63. The molecule has 2 aromatic carbocycles. The van der Waals surface area contributed by atoms with E-state index in [1.807, 2.05) is 18.2 Å². The minimum Gasteiger partial charge on any atom is -0.494 e. The fourth-order valence-electron chi connectivity index (χ4n) is 3.41. The van der Waals surface area contributed by atoms with Gasteiger partial charge in [-0.15, -0.1) is 0 Å². The van der Waals surface area contributed by atoms with Gasteiger partial charge in [0, 0.05) is 12.8 Å². The Morgan fingerprint density at radius 2 is 1.87 bits per heavy atom. The van der Waals surface area contributed by atoms with Crippen molar-refractivity contribution in [3.05, 3.63) is 64.7 Å². The fraction of sp³-hybridized carbons (Fsp3) is 0.375. The second-order valence-electron chi connectivity index (χ2n) is 7.61. The van der Waals surface area contributed by atoms with Crippen LogP contribution in [0.3, 0.4) is 0 Å². The summed E-state index contributed by atoms with van der Waals surface area (Å²) in [4.78, 5) is 34.4. The molecule has 1 atom stereocenters. The number of amides is 1. The second kappa shape index (κ2) is 10.7. The largest absolute Gasteiger partial charge is 0.494 e. The standard InChI is InChI=1S/C24H27NO6/c1-16(26)12-22-21-10-5-17(13-19(21)15-30-22)14-31-24(28)18-6-8-20(9-7-18)29-11-3-2-4-23(25)27/h5-10,13,22H,2-4,11-12,14-15H2,1H3,(H2,25,27). The van der Waals surface area contributed by atoms with Gasteiger partial charge >= 0.3 is 5.97 Å². The van der Waals surface area contributed by atoms with Gasteiger partial charge in [0.2, 0.25) is 5.91 Å². The highest BCUT2D eigenvalue weighted by Crippen LogP contribution is 2.33. The van der Waals surface area contributed by atoms with E-state index in [0.717, 1.165) is 23.1 Å². The van der Waals surface area contributed by atoms with Crippen LogP contribution < -0.4 is 10.5 Å². The number of esters is 1. The number of rotatable bonds is 11. The number of fused-ring (bicyclic) bond motifs is 1. The number of carbonyl (C=O) groups is 3. The van der Waals surface area contributed by atoms with E-state index in [9.17, 15) is 14.4 Å². The summed E-state index contributed by atoms with van der Waals surface area (Å²) in [6.45, 7) is 2.65. The molecule has 1 unspecified atom stereocenters. The molecule has 3 rings (SSSR count). The van der Waals surface area contributed by atoms with Crippen molar-refractivity contribution in [2.45, 2.75) is 51.9 Å². The summed E-state index contributed by atoms with van der Waals surface area (Å²) in [7, 11) is 0. The summed E-state index contributed by atoms with van der Waals surface area (Å²) in [6.07, 6.45) is 1.95. The molecule has 164 valence electrons. The van der Waals surface area contributed by atoms with Crippen molar-refractivity contribution < 1.29 is 28.6 Å². The minimum atomic E-state index is -0.417. The highest BCUT2D eigenvalue weighted by molar-refractivity contribution is 5.89. The summed E-state index contributed by atoms with van der Waals surface area (Å²) in [6, 6.07) is 12.5. The molecule has 0 fully saturated rings. The first-order chi connectivity index (χ1) is 14.9. The maximum Gasteiger partial charge on any atom is 0.338 e. The number of benzene rings is 2. The molecule has 0 saturated heterocycles. The second-order valence-corrected chi connectivity index (χ2v) is 7.61. The van der Waals surface area contributed by atoms with Crippen molar-refractivity contribution >= 4 is 17.7 Å². The summed E-state index contributed by atoms with van der Waals surface area (Å²) in [5.74, 6) is 0.0113. The molecule has 31 heavy (non-hydrogen) atoms. The minimum absolute atomic E-state index is 0.0929. The Balaban J connectivity index is 1.46. The fourth-order valence-corrected chi connectivity index (χ4v) is 3.41. The van der Waals surface area contributed by atoms with Gasteiger partial charge in [-0.3, -0.25) is 9.59 Å². The summed E-state index contributed by atoms with van der Waals surface area (Å²) >= 11 is 0. The summed E-state index contributed by atoms with van der Waals surface area (Å²) < 4.78 is 16.7. The molecule has 1 aliphatic rings. The Morgan fingerprint density at radius 1 is 1.10 bits per heavy atom. The lowest BCUT2D eigenvalue weighted by atomic mass is 10.00. The Hall–Kier alpha value is -3.19. The van der Waals surface area contributed by atoms with Gasteiger partial charge < -0.3 is 19.9 Å². The Morgan fingerprint density at radius 3 is 2.58 bits per heavy atom. The number of nitrogens with two attached hydrogens (primary N) is 1. The zero-order valence-electron chi connectivity index (χ0n) is 17.6. The number of carbonyl (C=O) groups excluding carboxylic acids is 3. The van der Waals surface area contributed by atoms with Crippen LogP contribution in [0.2, 0.25) is 0 Å². The number of hydrogen-bond acceptors (Lipinski definition) is 6. The van der Waals surface area contributed by atoms with Gasteiger partial charge in [0.15, 0.2) is 0 Å². The number of primary amides is 1. The quantitative estimate of drug-likeness (QED) is 0.435. The number of unbranched alkanes of at least 4 members (excludes halogenated alkanes) is 1. The van der Waals surface area contributed by atoms with Crippen LogP contribution in [0.25, 0.3) is 0 Å². The SMILES string of the molecule is CC(=O)CC1OCc2cc(COC(=O)c3ccc(OCCCCC(N)=O)cc3)ccc21. The lowest BCUT2D eigenvalue weighted by molar-refractivity contribution is -0.120. The molecule has 2 N–H and O–H groups in total. The first-order valence-corrected chi connectivity index (χ1v) is 10.3. The van der Waals surface area contributed by atoms with Crippen molar-refractivity contribution in [3.63, 3.8) is 0 Å². The molecule has 0 saturated carbocycles. The molecule has 1 aliphatic heterocycles. The molecular formula is C24H27NO6. The van der Waals surface area contributed by atoms with E-state index >= 15 is 0 Å². The van der Waals surface area contributed by atoms with Gasteiger partial charge in [0.25, 0.3) is 0 Å². The number of ether oxygens (including phenoxy) is 3. The van der Waals surface area contributed by atoms with Crippen LogP contribution in [0.15, 0.2) is 42.5 Å². The lowest BCUT2D eigenvalue weighted by Gasteiger charge is -2.10. The molecular weight excluding hydrogens is 398 g/mol. The van der Waals surface area contributed by atoms with E-state index < -0.39 is 5.97 Å². The third kappa shape index (κ3) is 6.65. The molecule has 1 heterocycles. The van der Waals surface area contributed by atoms with Gasteiger partial charge in [-0.05, 0) is 66.8 Å². The van der Waals surface area contributed by atoms with Crippen LogP contribution in [0, 0.1) is 0 Å². The van der Waals surface area contributed by atoms with Gasteiger partial charge in [-0.2, -0.15) is 0 Å². The topological polar surface area (TPSA) is 105 Å². The van der Waals surface area contributed by atoms with E-state index in [4.69, 9.17) is 19.9 Å². The predicted molar refractivity (Wildman–Crippen MR) is 113 cm³/mol. The first kappa shape index (κ1) is 22.5. The maximum absolute atomic E-state index is 12.3. The van der Waals surface area contributed by atoms with Crippen molar-refractivity contribution in [2.75, 3.05) is 6.61 Å². The van der Waals surface area contributed by atoms with E-state index in [1.54, 1.807) is 31.2 Å². The van der Waals surface area contributed by atoms with Crippen LogP contribution >= 0.6 is 0 Å². The van der Waals surface area contributed by atoms with Gasteiger partial charge in [-0.1, -0.05) is 12.1 Å². The first-order valence-electron chi connectivity index (χ1n) is 10.3. The molecule has 0 bridgehead atoms. The van der Waals surface area contributed by atoms with Crippen LogP contribution in [0.5, 0.6) is 5.75 Å². The zero-order chi connectivity index (χ0) is 22.2. The monoisotopic (exact) mass is 425 g/mol. The number of Topliss-reactive ketones (excluding diaryl/α,β-unsaturated/α-hetero) is 1. The van der Waals surface area contributed by atoms with E-state index in [1.165, 1.54) is 0 Å². The Labute approximate surface area is 181 Å². The maximum atomic E-state index is 12.3. The molecule has 0 spiro atoms. The van der Waals surface area contributed by atoms with Gasteiger partial charge in [-0.25, -0.2) is 4.79 Å². The molecule has 0 radical (unpaired) electrons. The van der Waals surface area contributed by atoms with Gasteiger partial charge in [0.05, 0.1) is 24.9 Å². The summed E-state index contributed by atoms with van der Waals surface area (Å²) in [5, 5.41) is 0. The van der Waals surface area contributed by atoms with Crippen LogP contribution in [-0.2, 0) is 32.3 Å². The van der Waals surface area contributed by atoms with E-state index in [2.05, 4.69) is 0 Å². The molecule has 7 nitrogen and oxygen atoms in total. The van der Waals surface area contributed by atoms with Crippen molar-refractivity contribution in [1.29, 1.82) is 0 Å². The Bertz CT molecular complexity index is 938. The highest BCUT2D eigenvalue weighted by Gasteiger charge is 2.24. The Kier molecular flexibility index (Phi) is 7.78. The molecule has 0 aromatic heterocycles. The van der Waals surface area contributed by atoms with Crippen LogP contribution in [0.1, 0.15) is 65.8 Å². The summed E-state index contributed by atoms with van der Waals surface area (Å²) in [5.41, 5.74) is 8.45. The average Bonchev–Trinajstić information content (AvgIpc) is 3.13. The average molecular weight is 425 g/mol. The normalized spacial score (nSPS) is 14.7. The van der Waals surface area contributed by atoms with Gasteiger partial charge in [0.1, 0.15) is 18.1 Å². The lowest BCUT2D eigenvalue weighted by Crippen LogP contribution is -2.10. The molecule has 7 heteroatoms. The van der Waals surface area contributed by atoms with Crippen molar-refractivity contribution in [2.24, 2.45) is 5.73 Å². The highest BCUT2D eigenvalue weighted by atomic mass is 16.5. The zero-order valence-corrected chi connectivity index (χ0v) is 17.6. The smallest absolute Gasteiger partial charge is 0.338 e. The number of ketones is 1. The third-order valence-corrected chi connectivity index (χ3v) is 5.01.